The molecule has 18 heavy (non-hydrogen) atoms. The standard InChI is InChI=1S/C11H10F3N3S/c1-17-10(18-2)15-9(16-17)7-4-3-5-8(6-7)11(12,13)14/h3-6H,1-2H3. The maximum absolute atomic E-state index is 12.6. The Morgan fingerprint density at radius 3 is 2.56 bits per heavy atom. The number of nitrogens with zero attached hydrogens (tertiary/aromatic N) is 3. The molecule has 0 aliphatic heterocycles. The number of thioether (sulfide) groups is 1. The van der Waals surface area contributed by atoms with Crippen molar-refractivity contribution in [2.75, 3.05) is 6.26 Å². The number of hydrogen-bond donors (Lipinski definition) is 0. The van der Waals surface area contributed by atoms with Crippen molar-refractivity contribution in [3.8, 4) is 11.4 Å². The molecule has 2 aromatic rings. The quantitative estimate of drug-likeness (QED) is 0.787. The first kappa shape index (κ1) is 12.9. The van der Waals surface area contributed by atoms with Crippen LogP contribution >= 0.6 is 11.8 Å². The molecule has 0 aliphatic rings. The number of benzene rings is 1. The van der Waals surface area contributed by atoms with Gasteiger partial charge in [-0.05, 0) is 18.4 Å². The molecule has 1 aromatic heterocycles. The molecule has 0 bridgehead atoms. The topological polar surface area (TPSA) is 30.7 Å². The Kier molecular flexibility index (Phi) is 3.34. The largest absolute Gasteiger partial charge is 0.416 e. The first-order valence-electron chi connectivity index (χ1n) is 5.04. The third-order valence-corrected chi connectivity index (χ3v) is 3.07. The molecule has 0 saturated heterocycles. The molecule has 7 heteroatoms. The first-order chi connectivity index (χ1) is 8.41. The van der Waals surface area contributed by atoms with E-state index in [4.69, 9.17) is 0 Å². The molecule has 0 aliphatic carbocycles. The first-order valence-corrected chi connectivity index (χ1v) is 6.27. The smallest absolute Gasteiger partial charge is 0.243 e. The molecular formula is C11H10F3N3S. The highest BCUT2D eigenvalue weighted by molar-refractivity contribution is 7.98. The summed E-state index contributed by atoms with van der Waals surface area (Å²) >= 11 is 1.39. The molecule has 0 N–H and O–H groups in total. The molecule has 1 aromatic carbocycles. The molecule has 0 unspecified atom stereocenters. The van der Waals surface area contributed by atoms with E-state index in [9.17, 15) is 13.2 Å². The number of halogens is 3. The van der Waals surface area contributed by atoms with Gasteiger partial charge in [-0.15, -0.1) is 0 Å². The second-order valence-electron chi connectivity index (χ2n) is 3.62. The van der Waals surface area contributed by atoms with Gasteiger partial charge in [0.15, 0.2) is 11.0 Å². The van der Waals surface area contributed by atoms with Gasteiger partial charge in [-0.1, -0.05) is 23.9 Å². The molecule has 0 radical (unpaired) electrons. The minimum atomic E-state index is -4.35. The van der Waals surface area contributed by atoms with E-state index in [0.717, 1.165) is 12.1 Å². The van der Waals surface area contributed by atoms with Crippen LogP contribution in [0.15, 0.2) is 29.4 Å². The molecule has 0 spiro atoms. The summed E-state index contributed by atoms with van der Waals surface area (Å²) in [5, 5.41) is 4.75. The van der Waals surface area contributed by atoms with E-state index in [1.807, 2.05) is 6.26 Å². The van der Waals surface area contributed by atoms with Crippen LogP contribution in [0.25, 0.3) is 11.4 Å². The summed E-state index contributed by atoms with van der Waals surface area (Å²) in [6.07, 6.45) is -2.52. The summed E-state index contributed by atoms with van der Waals surface area (Å²) in [5.74, 6) is 0.299. The summed E-state index contributed by atoms with van der Waals surface area (Å²) in [6, 6.07) is 5.00. The van der Waals surface area contributed by atoms with Gasteiger partial charge in [-0.3, -0.25) is 0 Å². The zero-order valence-electron chi connectivity index (χ0n) is 9.69. The van der Waals surface area contributed by atoms with Crippen LogP contribution in [0.3, 0.4) is 0 Å². The predicted octanol–water partition coefficient (Wildman–Crippen LogP) is 3.22. The van der Waals surface area contributed by atoms with Crippen LogP contribution in [0, 0.1) is 0 Å². The van der Waals surface area contributed by atoms with Crippen molar-refractivity contribution in [1.29, 1.82) is 0 Å². The van der Waals surface area contributed by atoms with E-state index in [1.165, 1.54) is 17.8 Å². The Labute approximate surface area is 106 Å². The Morgan fingerprint density at radius 2 is 2.00 bits per heavy atom. The van der Waals surface area contributed by atoms with Crippen LogP contribution < -0.4 is 0 Å². The third kappa shape index (κ3) is 2.50. The normalized spacial score (nSPS) is 11.8. The van der Waals surface area contributed by atoms with Crippen LogP contribution in [0.4, 0.5) is 13.2 Å². The lowest BCUT2D eigenvalue weighted by atomic mass is 10.1. The van der Waals surface area contributed by atoms with Crippen molar-refractivity contribution >= 4 is 11.8 Å². The lowest BCUT2D eigenvalue weighted by Gasteiger charge is -2.06. The van der Waals surface area contributed by atoms with Crippen LogP contribution in [0.2, 0.25) is 0 Å². The van der Waals surface area contributed by atoms with E-state index < -0.39 is 11.7 Å². The summed E-state index contributed by atoms with van der Waals surface area (Å²) in [7, 11) is 1.70. The SMILES string of the molecule is CSc1nc(-c2cccc(C(F)(F)F)c2)nn1C. The minimum absolute atomic E-state index is 0.299. The molecule has 3 nitrogen and oxygen atoms in total. The van der Waals surface area contributed by atoms with Gasteiger partial charge in [0, 0.05) is 12.6 Å². The molecule has 0 amide bonds. The summed E-state index contributed by atoms with van der Waals surface area (Å²) in [4.78, 5) is 4.17. The lowest BCUT2D eigenvalue weighted by molar-refractivity contribution is -0.137. The van der Waals surface area contributed by atoms with Crippen LogP contribution in [0.5, 0.6) is 0 Å². The molecule has 1 heterocycles. The highest BCUT2D eigenvalue weighted by Crippen LogP contribution is 2.31. The van der Waals surface area contributed by atoms with Gasteiger partial charge in [0.1, 0.15) is 0 Å². The zero-order valence-corrected chi connectivity index (χ0v) is 10.5. The second-order valence-corrected chi connectivity index (χ2v) is 4.40. The number of aryl methyl sites for hydroxylation is 1. The van der Waals surface area contributed by atoms with Crippen molar-refractivity contribution in [1.82, 2.24) is 14.8 Å². The fourth-order valence-electron chi connectivity index (χ4n) is 1.50. The van der Waals surface area contributed by atoms with Crippen molar-refractivity contribution in [2.45, 2.75) is 11.3 Å². The van der Waals surface area contributed by atoms with Crippen molar-refractivity contribution < 1.29 is 13.2 Å². The average Bonchev–Trinajstić information content (AvgIpc) is 2.70. The summed E-state index contributed by atoms with van der Waals surface area (Å²) in [6.45, 7) is 0. The maximum Gasteiger partial charge on any atom is 0.416 e. The Morgan fingerprint density at radius 1 is 1.28 bits per heavy atom. The summed E-state index contributed by atoms with van der Waals surface area (Å²) < 4.78 is 39.3. The highest BCUT2D eigenvalue weighted by Gasteiger charge is 2.30. The summed E-state index contributed by atoms with van der Waals surface area (Å²) in [5.41, 5.74) is -0.334. The van der Waals surface area contributed by atoms with Crippen molar-refractivity contribution in [3.05, 3.63) is 29.8 Å². The fourth-order valence-corrected chi connectivity index (χ4v) is 1.99. The van der Waals surface area contributed by atoms with E-state index in [2.05, 4.69) is 10.1 Å². The molecule has 0 fully saturated rings. The number of hydrogen-bond acceptors (Lipinski definition) is 3. The monoisotopic (exact) mass is 273 g/mol. The minimum Gasteiger partial charge on any atom is -0.243 e. The van der Waals surface area contributed by atoms with Gasteiger partial charge >= 0.3 is 6.18 Å². The predicted molar refractivity (Wildman–Crippen MR) is 63.2 cm³/mol. The van der Waals surface area contributed by atoms with Gasteiger partial charge in [-0.2, -0.15) is 18.3 Å². The van der Waals surface area contributed by atoms with Gasteiger partial charge < -0.3 is 0 Å². The second kappa shape index (κ2) is 4.64. The van der Waals surface area contributed by atoms with Crippen LogP contribution in [-0.2, 0) is 13.2 Å². The van der Waals surface area contributed by atoms with Gasteiger partial charge in [0.2, 0.25) is 0 Å². The number of alkyl halides is 3. The average molecular weight is 273 g/mol. The lowest BCUT2D eigenvalue weighted by Crippen LogP contribution is -2.04. The molecule has 2 rings (SSSR count). The van der Waals surface area contributed by atoms with Gasteiger partial charge in [0.05, 0.1) is 5.56 Å². The fraction of sp³-hybridized carbons (Fsp3) is 0.273. The van der Waals surface area contributed by atoms with Crippen LogP contribution in [-0.4, -0.2) is 21.0 Å². The molecule has 0 saturated carbocycles. The zero-order chi connectivity index (χ0) is 13.3. The van der Waals surface area contributed by atoms with E-state index in [-0.39, 0.29) is 0 Å². The van der Waals surface area contributed by atoms with E-state index >= 15 is 0 Å². The molecule has 96 valence electrons. The van der Waals surface area contributed by atoms with Crippen molar-refractivity contribution in [2.24, 2.45) is 7.05 Å². The Balaban J connectivity index is 2.44. The Bertz CT molecular complexity index is 563. The van der Waals surface area contributed by atoms with Gasteiger partial charge in [0.25, 0.3) is 0 Å². The molecular weight excluding hydrogens is 263 g/mol. The van der Waals surface area contributed by atoms with E-state index in [0.29, 0.717) is 16.5 Å². The maximum atomic E-state index is 12.6. The van der Waals surface area contributed by atoms with Crippen LogP contribution in [0.1, 0.15) is 5.56 Å². The van der Waals surface area contributed by atoms with Gasteiger partial charge in [-0.25, -0.2) is 9.67 Å². The highest BCUT2D eigenvalue weighted by atomic mass is 32.2. The molecule has 0 atom stereocenters. The Hall–Kier alpha value is -1.50. The number of rotatable bonds is 2. The van der Waals surface area contributed by atoms with Crippen molar-refractivity contribution in [3.63, 3.8) is 0 Å². The van der Waals surface area contributed by atoms with E-state index in [1.54, 1.807) is 17.8 Å². The third-order valence-electron chi connectivity index (χ3n) is 2.35. The number of aromatic nitrogens is 3.